The van der Waals surface area contributed by atoms with Crippen molar-refractivity contribution in [1.82, 2.24) is 10.2 Å². The summed E-state index contributed by atoms with van der Waals surface area (Å²) >= 11 is 0. The van der Waals surface area contributed by atoms with Crippen molar-refractivity contribution in [3.05, 3.63) is 0 Å². The van der Waals surface area contributed by atoms with Gasteiger partial charge in [0.2, 0.25) is 5.91 Å². The van der Waals surface area contributed by atoms with Crippen molar-refractivity contribution in [2.45, 2.75) is 45.6 Å². The van der Waals surface area contributed by atoms with Crippen LogP contribution >= 0.6 is 0 Å². The standard InChI is InChI=1S/C15H28N2O3S/c1-12-3-6-17(7-4-12)13(2)10-16-15(18)9-14-5-8-21(19,20)11-14/h12-14H,3-11H2,1-2H3,(H,16,18)/t13-,14-/m1/s1. The normalized spacial score (nSPS) is 28.4. The second-order valence-electron chi connectivity index (χ2n) is 6.84. The molecule has 2 aliphatic heterocycles. The lowest BCUT2D eigenvalue weighted by atomic mass is 9.98. The molecule has 0 aromatic carbocycles. The fourth-order valence-electron chi connectivity index (χ4n) is 3.23. The summed E-state index contributed by atoms with van der Waals surface area (Å²) in [7, 11) is -2.88. The van der Waals surface area contributed by atoms with E-state index < -0.39 is 9.84 Å². The molecule has 2 saturated heterocycles. The zero-order valence-corrected chi connectivity index (χ0v) is 14.0. The van der Waals surface area contributed by atoms with Crippen LogP contribution in [0.3, 0.4) is 0 Å². The summed E-state index contributed by atoms with van der Waals surface area (Å²) in [6.45, 7) is 7.32. The average Bonchev–Trinajstić information content (AvgIpc) is 2.76. The molecule has 2 aliphatic rings. The Labute approximate surface area is 128 Å². The third-order valence-electron chi connectivity index (χ3n) is 4.84. The highest BCUT2D eigenvalue weighted by Crippen LogP contribution is 2.21. The molecule has 0 radical (unpaired) electrons. The van der Waals surface area contributed by atoms with Gasteiger partial charge in [-0.1, -0.05) is 6.92 Å². The van der Waals surface area contributed by atoms with Crippen molar-refractivity contribution in [2.75, 3.05) is 31.1 Å². The summed E-state index contributed by atoms with van der Waals surface area (Å²) in [5.74, 6) is 1.25. The minimum Gasteiger partial charge on any atom is -0.355 e. The second-order valence-corrected chi connectivity index (χ2v) is 9.07. The number of amides is 1. The van der Waals surface area contributed by atoms with Crippen molar-refractivity contribution in [1.29, 1.82) is 0 Å². The van der Waals surface area contributed by atoms with Gasteiger partial charge in [0.25, 0.3) is 0 Å². The molecule has 0 unspecified atom stereocenters. The fraction of sp³-hybridized carbons (Fsp3) is 0.933. The summed E-state index contributed by atoms with van der Waals surface area (Å²) < 4.78 is 22.8. The highest BCUT2D eigenvalue weighted by atomic mass is 32.2. The van der Waals surface area contributed by atoms with Crippen molar-refractivity contribution in [3.8, 4) is 0 Å². The molecule has 2 atom stereocenters. The number of hydrogen-bond acceptors (Lipinski definition) is 4. The molecule has 0 saturated carbocycles. The van der Waals surface area contributed by atoms with Crippen LogP contribution in [0.2, 0.25) is 0 Å². The van der Waals surface area contributed by atoms with Crippen molar-refractivity contribution < 1.29 is 13.2 Å². The monoisotopic (exact) mass is 316 g/mol. The largest absolute Gasteiger partial charge is 0.355 e. The number of likely N-dealkylation sites (tertiary alicyclic amines) is 1. The maximum absolute atomic E-state index is 11.9. The van der Waals surface area contributed by atoms with E-state index in [0.29, 0.717) is 25.4 Å². The molecule has 0 aromatic rings. The third-order valence-corrected chi connectivity index (χ3v) is 6.67. The number of carbonyl (C=O) groups is 1. The number of piperidine rings is 1. The van der Waals surface area contributed by atoms with E-state index in [-0.39, 0.29) is 23.3 Å². The second kappa shape index (κ2) is 7.09. The van der Waals surface area contributed by atoms with Gasteiger partial charge in [-0.2, -0.15) is 0 Å². The number of nitrogens with zero attached hydrogens (tertiary/aromatic N) is 1. The number of nitrogens with one attached hydrogen (secondary N) is 1. The number of hydrogen-bond donors (Lipinski definition) is 1. The van der Waals surface area contributed by atoms with Gasteiger partial charge in [0, 0.05) is 19.0 Å². The van der Waals surface area contributed by atoms with Crippen LogP contribution in [-0.2, 0) is 14.6 Å². The molecule has 0 aliphatic carbocycles. The average molecular weight is 316 g/mol. The van der Waals surface area contributed by atoms with Gasteiger partial charge >= 0.3 is 0 Å². The SMILES string of the molecule is CC1CCN([C@H](C)CNC(=O)C[C@H]2CCS(=O)(=O)C2)CC1. The van der Waals surface area contributed by atoms with Crippen LogP contribution in [0.4, 0.5) is 0 Å². The summed E-state index contributed by atoms with van der Waals surface area (Å²) in [5.41, 5.74) is 0. The van der Waals surface area contributed by atoms with Gasteiger partial charge in [0.15, 0.2) is 9.84 Å². The molecule has 1 amide bonds. The Morgan fingerprint density at radius 1 is 1.29 bits per heavy atom. The minimum absolute atomic E-state index is 0.00525. The van der Waals surface area contributed by atoms with E-state index in [1.165, 1.54) is 12.8 Å². The first-order valence-electron chi connectivity index (χ1n) is 8.07. The van der Waals surface area contributed by atoms with Gasteiger partial charge < -0.3 is 5.32 Å². The Morgan fingerprint density at radius 2 is 1.95 bits per heavy atom. The highest BCUT2D eigenvalue weighted by Gasteiger charge is 2.29. The van der Waals surface area contributed by atoms with E-state index in [1.54, 1.807) is 0 Å². The topological polar surface area (TPSA) is 66.5 Å². The molecule has 0 spiro atoms. The van der Waals surface area contributed by atoms with Crippen LogP contribution in [0.25, 0.3) is 0 Å². The van der Waals surface area contributed by atoms with Crippen LogP contribution in [0.5, 0.6) is 0 Å². The van der Waals surface area contributed by atoms with Crippen molar-refractivity contribution in [2.24, 2.45) is 11.8 Å². The Kier molecular flexibility index (Phi) is 5.66. The van der Waals surface area contributed by atoms with E-state index in [9.17, 15) is 13.2 Å². The Bertz CT molecular complexity index is 456. The molecule has 2 fully saturated rings. The van der Waals surface area contributed by atoms with E-state index in [1.807, 2.05) is 0 Å². The highest BCUT2D eigenvalue weighted by molar-refractivity contribution is 7.91. The molecular formula is C15H28N2O3S. The molecule has 5 nitrogen and oxygen atoms in total. The lowest BCUT2D eigenvalue weighted by Crippen LogP contribution is -2.45. The Hall–Kier alpha value is -0.620. The molecule has 21 heavy (non-hydrogen) atoms. The smallest absolute Gasteiger partial charge is 0.220 e. The minimum atomic E-state index is -2.88. The number of sulfone groups is 1. The maximum Gasteiger partial charge on any atom is 0.220 e. The zero-order chi connectivity index (χ0) is 15.5. The van der Waals surface area contributed by atoms with E-state index in [4.69, 9.17) is 0 Å². The molecular weight excluding hydrogens is 288 g/mol. The van der Waals surface area contributed by atoms with Gasteiger partial charge in [-0.25, -0.2) is 8.42 Å². The van der Waals surface area contributed by atoms with Gasteiger partial charge in [-0.3, -0.25) is 9.69 Å². The van der Waals surface area contributed by atoms with E-state index in [2.05, 4.69) is 24.1 Å². The predicted molar refractivity (Wildman–Crippen MR) is 83.8 cm³/mol. The first kappa shape index (κ1) is 16.7. The van der Waals surface area contributed by atoms with Gasteiger partial charge in [0.1, 0.15) is 0 Å². The van der Waals surface area contributed by atoms with E-state index in [0.717, 1.165) is 19.0 Å². The predicted octanol–water partition coefficient (Wildman–Crippen LogP) is 1.05. The fourth-order valence-corrected chi connectivity index (χ4v) is 5.09. The maximum atomic E-state index is 11.9. The van der Waals surface area contributed by atoms with Crippen LogP contribution in [0, 0.1) is 11.8 Å². The summed E-state index contributed by atoms with van der Waals surface area (Å²) in [4.78, 5) is 14.4. The quantitative estimate of drug-likeness (QED) is 0.823. The summed E-state index contributed by atoms with van der Waals surface area (Å²) in [5, 5.41) is 2.97. The third kappa shape index (κ3) is 5.25. The van der Waals surface area contributed by atoms with Crippen LogP contribution in [0.15, 0.2) is 0 Å². The van der Waals surface area contributed by atoms with Crippen LogP contribution < -0.4 is 5.32 Å². The van der Waals surface area contributed by atoms with Crippen molar-refractivity contribution >= 4 is 15.7 Å². The summed E-state index contributed by atoms with van der Waals surface area (Å²) in [6, 6.07) is 0.355. The molecule has 2 heterocycles. The van der Waals surface area contributed by atoms with Crippen LogP contribution in [-0.4, -0.2) is 56.4 Å². The molecule has 2 rings (SSSR count). The first-order chi connectivity index (χ1) is 9.85. The Morgan fingerprint density at radius 3 is 2.52 bits per heavy atom. The molecule has 1 N–H and O–H groups in total. The van der Waals surface area contributed by atoms with Crippen LogP contribution in [0.1, 0.15) is 39.5 Å². The zero-order valence-electron chi connectivity index (χ0n) is 13.2. The lowest BCUT2D eigenvalue weighted by molar-refractivity contribution is -0.122. The van der Waals surface area contributed by atoms with Crippen molar-refractivity contribution in [3.63, 3.8) is 0 Å². The molecule has 0 aromatic heterocycles. The molecule has 0 bridgehead atoms. The van der Waals surface area contributed by atoms with Gasteiger partial charge in [-0.15, -0.1) is 0 Å². The summed E-state index contributed by atoms with van der Waals surface area (Å²) in [6.07, 6.45) is 3.45. The number of rotatable bonds is 5. The molecule has 6 heteroatoms. The Balaban J connectivity index is 1.67. The lowest BCUT2D eigenvalue weighted by Gasteiger charge is -2.35. The van der Waals surface area contributed by atoms with Gasteiger partial charge in [-0.05, 0) is 51.1 Å². The first-order valence-corrected chi connectivity index (χ1v) is 9.89. The van der Waals surface area contributed by atoms with Gasteiger partial charge in [0.05, 0.1) is 11.5 Å². The van der Waals surface area contributed by atoms with E-state index >= 15 is 0 Å². The molecule has 122 valence electrons. The number of carbonyl (C=O) groups excluding carboxylic acids is 1.